The quantitative estimate of drug-likeness (QED) is 0.596. The molecule has 1 aromatic carbocycles. The van der Waals surface area contributed by atoms with Crippen LogP contribution < -0.4 is 0 Å². The molecule has 1 saturated carbocycles. The molecular weight excluding hydrogens is 336 g/mol. The van der Waals surface area contributed by atoms with Crippen molar-refractivity contribution in [2.45, 2.75) is 36.3 Å². The van der Waals surface area contributed by atoms with Crippen LogP contribution in [-0.2, 0) is 19.1 Å². The zero-order chi connectivity index (χ0) is 17.7. The monoisotopic (exact) mass is 350 g/mol. The summed E-state index contributed by atoms with van der Waals surface area (Å²) in [6.45, 7) is 1.10. The lowest BCUT2D eigenvalue weighted by molar-refractivity contribution is -0.164. The summed E-state index contributed by atoms with van der Waals surface area (Å²) in [5.74, 6) is -2.40. The number of carbonyl (C=O) groups excluding carboxylic acids is 4. The summed E-state index contributed by atoms with van der Waals surface area (Å²) in [6.07, 6.45) is -1.66. The summed E-state index contributed by atoms with van der Waals surface area (Å²) in [7, 11) is 1.30. The van der Waals surface area contributed by atoms with Crippen LogP contribution in [0, 0.1) is 0 Å². The average molecular weight is 351 g/mol. The predicted molar refractivity (Wildman–Crippen MR) is 83.2 cm³/mol. The molecule has 0 amide bonds. The summed E-state index contributed by atoms with van der Waals surface area (Å²) in [4.78, 5) is 48.1. The van der Waals surface area contributed by atoms with Gasteiger partial charge in [-0.05, 0) is 0 Å². The van der Waals surface area contributed by atoms with Crippen molar-refractivity contribution < 1.29 is 28.7 Å². The van der Waals surface area contributed by atoms with Crippen LogP contribution in [0.15, 0.2) is 24.3 Å². The molecule has 24 heavy (non-hydrogen) atoms. The van der Waals surface area contributed by atoms with Gasteiger partial charge in [-0.3, -0.25) is 19.2 Å². The van der Waals surface area contributed by atoms with Crippen LogP contribution in [0.1, 0.15) is 40.5 Å². The number of hydrogen-bond acceptors (Lipinski definition) is 6. The van der Waals surface area contributed by atoms with Crippen molar-refractivity contribution in [3.63, 3.8) is 0 Å². The number of alkyl halides is 1. The highest BCUT2D eigenvalue weighted by atomic mass is 35.5. The van der Waals surface area contributed by atoms with Gasteiger partial charge in [0.2, 0.25) is 11.4 Å². The topological polar surface area (TPSA) is 86.7 Å². The standard InChI is InChI=1S/C17H15ClO6/c1-9(19)24-16-8-10(20)7-13(23-2)17(16,18)15(22)12-6-4-3-5-11(12)14(16)21/h3-6,13H,7-8H2,1-2H3/t13-,16+,17-/m0/s1. The first-order valence-corrected chi connectivity index (χ1v) is 7.77. The zero-order valence-corrected chi connectivity index (χ0v) is 13.9. The van der Waals surface area contributed by atoms with E-state index in [0.717, 1.165) is 6.92 Å². The lowest BCUT2D eigenvalue weighted by Gasteiger charge is -2.51. The molecule has 3 rings (SSSR count). The Kier molecular flexibility index (Phi) is 3.85. The molecule has 0 bridgehead atoms. The third-order valence-corrected chi connectivity index (χ3v) is 5.33. The third-order valence-electron chi connectivity index (χ3n) is 4.61. The maximum atomic E-state index is 13.1. The van der Waals surface area contributed by atoms with E-state index in [9.17, 15) is 19.2 Å². The summed E-state index contributed by atoms with van der Waals surface area (Å²) in [5, 5.41) is 0. The van der Waals surface area contributed by atoms with Crippen LogP contribution in [0.4, 0.5) is 0 Å². The Morgan fingerprint density at radius 3 is 2.29 bits per heavy atom. The van der Waals surface area contributed by atoms with Crippen molar-refractivity contribution in [1.82, 2.24) is 0 Å². The van der Waals surface area contributed by atoms with Crippen molar-refractivity contribution in [1.29, 1.82) is 0 Å². The van der Waals surface area contributed by atoms with Crippen molar-refractivity contribution >= 4 is 34.9 Å². The average Bonchev–Trinajstić information content (AvgIpc) is 2.54. The van der Waals surface area contributed by atoms with E-state index in [1.807, 2.05) is 0 Å². The molecule has 0 N–H and O–H groups in total. The molecule has 0 spiro atoms. The molecular formula is C17H15ClO6. The molecule has 0 heterocycles. The SMILES string of the molecule is CO[C@H]1CC(=O)C[C@@]2(OC(C)=O)C(=O)c3ccccc3C(=O)[C@@]12Cl. The van der Waals surface area contributed by atoms with Crippen LogP contribution in [0.3, 0.4) is 0 Å². The fourth-order valence-electron chi connectivity index (χ4n) is 3.60. The number of hydrogen-bond donors (Lipinski definition) is 0. The highest BCUT2D eigenvalue weighted by Gasteiger charge is 2.72. The van der Waals surface area contributed by atoms with Gasteiger partial charge in [-0.1, -0.05) is 24.3 Å². The van der Waals surface area contributed by atoms with Crippen LogP contribution in [0.25, 0.3) is 0 Å². The second kappa shape index (κ2) is 5.50. The number of fused-ring (bicyclic) bond motifs is 2. The third kappa shape index (κ3) is 1.99. The van der Waals surface area contributed by atoms with E-state index in [4.69, 9.17) is 21.1 Å². The van der Waals surface area contributed by atoms with Crippen molar-refractivity contribution in [2.75, 3.05) is 7.11 Å². The Hall–Kier alpha value is -2.05. The van der Waals surface area contributed by atoms with Gasteiger partial charge in [-0.25, -0.2) is 0 Å². The molecule has 6 nitrogen and oxygen atoms in total. The number of benzene rings is 1. The van der Waals surface area contributed by atoms with Gasteiger partial charge in [0, 0.05) is 31.6 Å². The van der Waals surface area contributed by atoms with Gasteiger partial charge in [0.05, 0.1) is 12.5 Å². The number of Topliss-reactive ketones (excluding diaryl/α,β-unsaturated/α-hetero) is 3. The van der Waals surface area contributed by atoms with Gasteiger partial charge in [-0.2, -0.15) is 0 Å². The Morgan fingerprint density at radius 1 is 1.17 bits per heavy atom. The number of methoxy groups -OCH3 is 1. The largest absolute Gasteiger partial charge is 0.448 e. The Morgan fingerprint density at radius 2 is 1.75 bits per heavy atom. The minimum atomic E-state index is -2.10. The van der Waals surface area contributed by atoms with Gasteiger partial charge in [-0.15, -0.1) is 11.6 Å². The van der Waals surface area contributed by atoms with Gasteiger partial charge in [0.25, 0.3) is 0 Å². The first-order valence-electron chi connectivity index (χ1n) is 7.39. The first-order chi connectivity index (χ1) is 11.3. The molecule has 1 fully saturated rings. The Labute approximate surface area is 143 Å². The van der Waals surface area contributed by atoms with Crippen molar-refractivity contribution in [3.8, 4) is 0 Å². The maximum absolute atomic E-state index is 13.1. The van der Waals surface area contributed by atoms with Gasteiger partial charge >= 0.3 is 5.97 Å². The molecule has 0 aromatic heterocycles. The minimum absolute atomic E-state index is 0.0876. The van der Waals surface area contributed by atoms with E-state index in [0.29, 0.717) is 0 Å². The Balaban J connectivity index is 2.33. The summed E-state index contributed by atoms with van der Waals surface area (Å²) >= 11 is 6.66. The van der Waals surface area contributed by atoms with E-state index >= 15 is 0 Å². The second-order valence-corrected chi connectivity index (χ2v) is 6.58. The van der Waals surface area contributed by atoms with Gasteiger partial charge < -0.3 is 9.47 Å². The normalized spacial score (nSPS) is 32.1. The zero-order valence-electron chi connectivity index (χ0n) is 13.1. The van der Waals surface area contributed by atoms with Crippen LogP contribution in [0.2, 0.25) is 0 Å². The number of ketones is 3. The Bertz CT molecular complexity index is 768. The van der Waals surface area contributed by atoms with Gasteiger partial charge in [0.1, 0.15) is 5.78 Å². The molecule has 3 atom stereocenters. The van der Waals surface area contributed by atoms with Crippen LogP contribution in [0.5, 0.6) is 0 Å². The van der Waals surface area contributed by atoms with Crippen LogP contribution >= 0.6 is 11.6 Å². The van der Waals surface area contributed by atoms with Crippen molar-refractivity contribution in [2.24, 2.45) is 0 Å². The molecule has 2 aliphatic rings. The molecule has 0 unspecified atom stereocenters. The number of rotatable bonds is 2. The molecule has 2 aliphatic carbocycles. The summed E-state index contributed by atoms with van der Waals surface area (Å²) < 4.78 is 10.5. The molecule has 7 heteroatoms. The van der Waals surface area contributed by atoms with Gasteiger partial charge in [0.15, 0.2) is 10.7 Å². The fourth-order valence-corrected chi connectivity index (χ4v) is 4.06. The second-order valence-electron chi connectivity index (χ2n) is 5.98. The van der Waals surface area contributed by atoms with E-state index in [1.165, 1.54) is 19.2 Å². The van der Waals surface area contributed by atoms with E-state index in [2.05, 4.69) is 0 Å². The summed E-state index contributed by atoms with van der Waals surface area (Å²) in [5.41, 5.74) is -1.87. The molecule has 0 aliphatic heterocycles. The molecule has 126 valence electrons. The smallest absolute Gasteiger partial charge is 0.303 e. The number of halogens is 1. The lowest BCUT2D eigenvalue weighted by Crippen LogP contribution is -2.73. The maximum Gasteiger partial charge on any atom is 0.303 e. The van der Waals surface area contributed by atoms with Crippen molar-refractivity contribution in [3.05, 3.63) is 35.4 Å². The fraction of sp³-hybridized carbons (Fsp3) is 0.412. The lowest BCUT2D eigenvalue weighted by atomic mass is 9.61. The molecule has 0 radical (unpaired) electrons. The number of esters is 1. The number of ether oxygens (including phenoxy) is 2. The van der Waals surface area contributed by atoms with E-state index < -0.39 is 40.5 Å². The van der Waals surface area contributed by atoms with Crippen LogP contribution in [-0.4, -0.2) is 47.0 Å². The minimum Gasteiger partial charge on any atom is -0.448 e. The number of carbonyl (C=O) groups is 4. The highest BCUT2D eigenvalue weighted by molar-refractivity contribution is 6.45. The highest BCUT2D eigenvalue weighted by Crippen LogP contribution is 2.51. The molecule has 1 aromatic rings. The van der Waals surface area contributed by atoms with E-state index in [1.54, 1.807) is 12.1 Å². The molecule has 0 saturated heterocycles. The van der Waals surface area contributed by atoms with E-state index in [-0.39, 0.29) is 23.3 Å². The summed E-state index contributed by atoms with van der Waals surface area (Å²) in [6, 6.07) is 6.14. The predicted octanol–water partition coefficient (Wildman–Crippen LogP) is 1.72. The first kappa shape index (κ1) is 16.8.